The summed E-state index contributed by atoms with van der Waals surface area (Å²) in [5, 5.41) is 0.932. The molecule has 2 heterocycles. The fourth-order valence-electron chi connectivity index (χ4n) is 2.71. The minimum Gasteiger partial charge on any atom is -0.307 e. The molecule has 0 saturated carbocycles. The van der Waals surface area contributed by atoms with Crippen LogP contribution in [0.25, 0.3) is 0 Å². The number of H-pyrrole nitrogens is 1. The van der Waals surface area contributed by atoms with Gasteiger partial charge in [-0.25, -0.2) is 0 Å². The van der Waals surface area contributed by atoms with Gasteiger partial charge in [0.1, 0.15) is 6.29 Å². The molecule has 110 valence electrons. The minimum absolute atomic E-state index is 0.00362. The number of aromatic amines is 1. The van der Waals surface area contributed by atoms with Gasteiger partial charge in [0, 0.05) is 22.5 Å². The number of thioether (sulfide) groups is 1. The second-order valence-electron chi connectivity index (χ2n) is 5.62. The Morgan fingerprint density at radius 2 is 2.00 bits per heavy atom. The molecule has 0 amide bonds. The van der Waals surface area contributed by atoms with Gasteiger partial charge in [0.15, 0.2) is 0 Å². The van der Waals surface area contributed by atoms with E-state index in [1.807, 2.05) is 0 Å². The van der Waals surface area contributed by atoms with Crippen LogP contribution in [-0.2, 0) is 4.79 Å². The number of hydrogen-bond donors (Lipinski definition) is 1. The molecule has 1 aromatic carbocycles. The highest BCUT2D eigenvalue weighted by molar-refractivity contribution is 7.99. The maximum atomic E-state index is 11.6. The Morgan fingerprint density at radius 1 is 1.29 bits per heavy atom. The van der Waals surface area contributed by atoms with Gasteiger partial charge in [-0.15, -0.1) is 11.8 Å². The third-order valence-electron chi connectivity index (χ3n) is 3.91. The fraction of sp³-hybridized carbons (Fsp3) is 0.375. The van der Waals surface area contributed by atoms with Gasteiger partial charge >= 0.3 is 4.87 Å². The minimum atomic E-state index is -0.0705. The lowest BCUT2D eigenvalue weighted by atomic mass is 9.85. The Hall–Kier alpha value is -1.33. The second kappa shape index (κ2) is 5.81. The van der Waals surface area contributed by atoms with Crippen molar-refractivity contribution in [2.75, 3.05) is 5.75 Å². The Morgan fingerprint density at radius 3 is 2.62 bits per heavy atom. The summed E-state index contributed by atoms with van der Waals surface area (Å²) in [4.78, 5) is 26.9. The van der Waals surface area contributed by atoms with E-state index >= 15 is 0 Å². The van der Waals surface area contributed by atoms with Crippen LogP contribution in [0.4, 0.5) is 0 Å². The van der Waals surface area contributed by atoms with Crippen molar-refractivity contribution >= 4 is 29.4 Å². The first-order valence-electron chi connectivity index (χ1n) is 7.01. The predicted molar refractivity (Wildman–Crippen MR) is 87.6 cm³/mol. The maximum Gasteiger partial charge on any atom is 0.305 e. The van der Waals surface area contributed by atoms with E-state index in [1.54, 1.807) is 11.8 Å². The van der Waals surface area contributed by atoms with Gasteiger partial charge in [0.2, 0.25) is 0 Å². The molecular formula is C16H17NO2S2. The number of aromatic nitrogens is 1. The molecule has 1 aliphatic rings. The van der Waals surface area contributed by atoms with Crippen LogP contribution < -0.4 is 4.87 Å². The smallest absolute Gasteiger partial charge is 0.305 e. The highest BCUT2D eigenvalue weighted by atomic mass is 32.2. The zero-order chi connectivity index (χ0) is 15.0. The number of hydrogen-bond acceptors (Lipinski definition) is 4. The highest BCUT2D eigenvalue weighted by Gasteiger charge is 2.33. The number of fused-ring (bicyclic) bond motifs is 1. The molecule has 5 heteroatoms. The summed E-state index contributed by atoms with van der Waals surface area (Å²) in [7, 11) is 0. The molecule has 0 radical (unpaired) electrons. The molecule has 2 aromatic rings. The van der Waals surface area contributed by atoms with E-state index in [4.69, 9.17) is 0 Å². The highest BCUT2D eigenvalue weighted by Crippen LogP contribution is 2.44. The third-order valence-corrected chi connectivity index (χ3v) is 6.17. The standard InChI is InChI=1S/C16H17NO2S2/c1-9(2)10-3-5-11(6-4-10)13-12(7-18)8-20-15-14(13)21-16(19)17-15/h3-7,9,12-13H,8H2,1-2H3,(H,17,19)/t12-,13-/m0/s1. The van der Waals surface area contributed by atoms with Gasteiger partial charge in [-0.05, 0) is 17.0 Å². The average Bonchev–Trinajstić information content (AvgIpc) is 2.86. The molecule has 2 atom stereocenters. The Labute approximate surface area is 131 Å². The number of thiazole rings is 1. The molecule has 1 N–H and O–H groups in total. The van der Waals surface area contributed by atoms with Crippen LogP contribution in [0.5, 0.6) is 0 Å². The molecule has 0 spiro atoms. The Balaban J connectivity index is 2.05. The monoisotopic (exact) mass is 319 g/mol. The van der Waals surface area contributed by atoms with Crippen LogP contribution >= 0.6 is 23.1 Å². The van der Waals surface area contributed by atoms with Gasteiger partial charge in [-0.2, -0.15) is 0 Å². The van der Waals surface area contributed by atoms with Crippen molar-refractivity contribution < 1.29 is 4.79 Å². The molecule has 0 fully saturated rings. The summed E-state index contributed by atoms with van der Waals surface area (Å²) in [5.74, 6) is 1.14. The largest absolute Gasteiger partial charge is 0.307 e. The first-order valence-corrected chi connectivity index (χ1v) is 8.81. The zero-order valence-electron chi connectivity index (χ0n) is 12.0. The average molecular weight is 319 g/mol. The lowest BCUT2D eigenvalue weighted by molar-refractivity contribution is -0.110. The number of carbonyl (C=O) groups excluding carboxylic acids is 1. The van der Waals surface area contributed by atoms with Crippen molar-refractivity contribution in [2.24, 2.45) is 5.92 Å². The number of nitrogens with one attached hydrogen (secondary N) is 1. The predicted octanol–water partition coefficient (Wildman–Crippen LogP) is 3.61. The molecular weight excluding hydrogens is 302 g/mol. The quantitative estimate of drug-likeness (QED) is 0.879. The van der Waals surface area contributed by atoms with Crippen LogP contribution in [0.3, 0.4) is 0 Å². The van der Waals surface area contributed by atoms with Crippen molar-refractivity contribution in [2.45, 2.75) is 30.7 Å². The number of aldehydes is 1. The number of benzene rings is 1. The third kappa shape index (κ3) is 2.72. The molecule has 1 aromatic heterocycles. The molecule has 3 nitrogen and oxygen atoms in total. The van der Waals surface area contributed by atoms with E-state index < -0.39 is 0 Å². The van der Waals surface area contributed by atoms with Crippen LogP contribution in [0, 0.1) is 5.92 Å². The lowest BCUT2D eigenvalue weighted by Gasteiger charge is -2.27. The SMILES string of the molecule is CC(C)c1ccc([C@@H]2c3sc(=O)[nH]c3SC[C@@H]2C=O)cc1. The summed E-state index contributed by atoms with van der Waals surface area (Å²) < 4.78 is 0. The van der Waals surface area contributed by atoms with E-state index in [-0.39, 0.29) is 16.7 Å². The van der Waals surface area contributed by atoms with E-state index in [0.717, 1.165) is 27.5 Å². The van der Waals surface area contributed by atoms with Crippen molar-refractivity contribution in [1.29, 1.82) is 0 Å². The Kier molecular flexibility index (Phi) is 4.04. The Bertz CT molecular complexity index is 700. The molecule has 21 heavy (non-hydrogen) atoms. The molecule has 0 aliphatic carbocycles. The van der Waals surface area contributed by atoms with E-state index in [9.17, 15) is 9.59 Å². The topological polar surface area (TPSA) is 49.9 Å². The van der Waals surface area contributed by atoms with Gasteiger partial charge in [-0.3, -0.25) is 4.79 Å². The molecule has 0 bridgehead atoms. The van der Waals surface area contributed by atoms with Crippen molar-refractivity contribution in [3.63, 3.8) is 0 Å². The van der Waals surface area contributed by atoms with E-state index in [1.165, 1.54) is 16.9 Å². The van der Waals surface area contributed by atoms with Gasteiger partial charge in [-0.1, -0.05) is 49.4 Å². The normalized spacial score (nSPS) is 21.3. The first-order chi connectivity index (χ1) is 10.1. The van der Waals surface area contributed by atoms with Crippen molar-refractivity contribution in [3.8, 4) is 0 Å². The molecule has 0 unspecified atom stereocenters. The summed E-state index contributed by atoms with van der Waals surface area (Å²) in [6, 6.07) is 8.44. The fourth-order valence-corrected chi connectivity index (χ4v) is 5.08. The van der Waals surface area contributed by atoms with Crippen molar-refractivity contribution in [1.82, 2.24) is 4.98 Å². The first kappa shape index (κ1) is 14.6. The van der Waals surface area contributed by atoms with Crippen LogP contribution in [0.2, 0.25) is 0 Å². The lowest BCUT2D eigenvalue weighted by Crippen LogP contribution is -2.21. The molecule has 0 saturated heterocycles. The molecule has 1 aliphatic heterocycles. The second-order valence-corrected chi connectivity index (χ2v) is 7.66. The summed E-state index contributed by atoms with van der Waals surface area (Å²) in [5.41, 5.74) is 2.40. The van der Waals surface area contributed by atoms with Gasteiger partial charge < -0.3 is 9.78 Å². The van der Waals surface area contributed by atoms with Crippen molar-refractivity contribution in [3.05, 3.63) is 49.9 Å². The maximum absolute atomic E-state index is 11.6. The van der Waals surface area contributed by atoms with Crippen LogP contribution in [-0.4, -0.2) is 17.0 Å². The van der Waals surface area contributed by atoms with E-state index in [2.05, 4.69) is 43.1 Å². The summed E-state index contributed by atoms with van der Waals surface area (Å²) >= 11 is 2.80. The molecule has 3 rings (SSSR count). The van der Waals surface area contributed by atoms with E-state index in [0.29, 0.717) is 5.92 Å². The van der Waals surface area contributed by atoms with Crippen LogP contribution in [0.1, 0.15) is 41.7 Å². The summed E-state index contributed by atoms with van der Waals surface area (Å²) in [6.45, 7) is 4.33. The van der Waals surface area contributed by atoms with Gasteiger partial charge in [0.25, 0.3) is 0 Å². The summed E-state index contributed by atoms with van der Waals surface area (Å²) in [6.07, 6.45) is 1.03. The number of carbonyl (C=O) groups is 1. The number of rotatable bonds is 3. The zero-order valence-corrected chi connectivity index (χ0v) is 13.6. The van der Waals surface area contributed by atoms with Crippen LogP contribution in [0.15, 0.2) is 34.1 Å². The van der Waals surface area contributed by atoms with Gasteiger partial charge in [0.05, 0.1) is 5.03 Å².